The molecule has 2 heterocycles. The predicted molar refractivity (Wildman–Crippen MR) is 39.9 cm³/mol. The number of pyridine rings is 1. The topological polar surface area (TPSA) is 48.4 Å². The first-order chi connectivity index (χ1) is 5.92. The Morgan fingerprint density at radius 1 is 1.50 bits per heavy atom. The highest BCUT2D eigenvalue weighted by atomic mass is 16.7. The van der Waals surface area contributed by atoms with E-state index in [2.05, 4.69) is 4.98 Å². The van der Waals surface area contributed by atoms with Gasteiger partial charge in [-0.3, -0.25) is 9.78 Å². The number of nitrogens with zero attached hydrogens (tertiary/aromatic N) is 1. The number of carbonyl (C=O) groups is 1. The van der Waals surface area contributed by atoms with Crippen LogP contribution in [0.4, 0.5) is 0 Å². The molecule has 62 valence electrons. The van der Waals surface area contributed by atoms with E-state index in [9.17, 15) is 4.79 Å². The molecule has 0 N–H and O–H groups in total. The second-order valence-corrected chi connectivity index (χ2v) is 2.43. The Morgan fingerprint density at radius 3 is 3.25 bits per heavy atom. The molecule has 1 aliphatic rings. The fourth-order valence-corrected chi connectivity index (χ4v) is 1.11. The number of rotatable bonds is 1. The first kappa shape index (κ1) is 7.24. The van der Waals surface area contributed by atoms with Gasteiger partial charge in [0.15, 0.2) is 13.1 Å². The van der Waals surface area contributed by atoms with Gasteiger partial charge in [-0.15, -0.1) is 0 Å². The van der Waals surface area contributed by atoms with E-state index in [0.29, 0.717) is 17.9 Å². The van der Waals surface area contributed by atoms with Crippen molar-refractivity contribution in [3.8, 4) is 5.75 Å². The predicted octanol–water partition coefficient (Wildman–Crippen LogP) is 0.761. The van der Waals surface area contributed by atoms with Crippen LogP contribution in [0.5, 0.6) is 5.75 Å². The van der Waals surface area contributed by atoms with Crippen LogP contribution in [0.1, 0.15) is 15.9 Å². The lowest BCUT2D eigenvalue weighted by molar-refractivity contribution is -0.0169. The molecule has 0 atom stereocenters. The smallest absolute Gasteiger partial charge is 0.189 e. The van der Waals surface area contributed by atoms with E-state index in [1.165, 1.54) is 6.20 Å². The van der Waals surface area contributed by atoms with Gasteiger partial charge in [0.05, 0.1) is 12.8 Å². The fourth-order valence-electron chi connectivity index (χ4n) is 1.11. The quantitative estimate of drug-likeness (QED) is 0.576. The molecule has 4 nitrogen and oxygen atoms in total. The van der Waals surface area contributed by atoms with Gasteiger partial charge in [-0.1, -0.05) is 0 Å². The van der Waals surface area contributed by atoms with Gasteiger partial charge < -0.3 is 9.47 Å². The summed E-state index contributed by atoms with van der Waals surface area (Å²) in [5.41, 5.74) is 1.32. The Balaban J connectivity index is 2.51. The molecule has 0 fully saturated rings. The molecule has 0 spiro atoms. The summed E-state index contributed by atoms with van der Waals surface area (Å²) in [6.07, 6.45) is 3.85. The maximum Gasteiger partial charge on any atom is 0.189 e. The molecule has 0 aliphatic carbocycles. The Bertz CT molecular complexity index is 311. The summed E-state index contributed by atoms with van der Waals surface area (Å²) >= 11 is 0. The van der Waals surface area contributed by atoms with Gasteiger partial charge in [0, 0.05) is 17.3 Å². The summed E-state index contributed by atoms with van der Waals surface area (Å²) in [6, 6.07) is 0. The molecule has 2 rings (SSSR count). The molecule has 1 aliphatic heterocycles. The van der Waals surface area contributed by atoms with Crippen molar-refractivity contribution >= 4 is 6.29 Å². The van der Waals surface area contributed by atoms with Crippen LogP contribution >= 0.6 is 0 Å². The van der Waals surface area contributed by atoms with Crippen molar-refractivity contribution in [3.63, 3.8) is 0 Å². The van der Waals surface area contributed by atoms with Crippen LogP contribution in [0.25, 0.3) is 0 Å². The highest BCUT2D eigenvalue weighted by Crippen LogP contribution is 2.24. The minimum atomic E-state index is 0.233. The van der Waals surface area contributed by atoms with Crippen molar-refractivity contribution in [2.75, 3.05) is 6.79 Å². The Morgan fingerprint density at radius 2 is 2.42 bits per heavy atom. The molecule has 0 saturated heterocycles. The second-order valence-electron chi connectivity index (χ2n) is 2.43. The molecular weight excluding hydrogens is 158 g/mol. The van der Waals surface area contributed by atoms with Gasteiger partial charge in [-0.25, -0.2) is 0 Å². The fraction of sp³-hybridized carbons (Fsp3) is 0.250. The van der Waals surface area contributed by atoms with E-state index in [-0.39, 0.29) is 6.79 Å². The van der Waals surface area contributed by atoms with Crippen molar-refractivity contribution in [3.05, 3.63) is 23.5 Å². The molecule has 4 heteroatoms. The van der Waals surface area contributed by atoms with Crippen molar-refractivity contribution in [2.24, 2.45) is 0 Å². The van der Waals surface area contributed by atoms with Crippen LogP contribution in [0, 0.1) is 0 Å². The molecule has 0 saturated carbocycles. The monoisotopic (exact) mass is 165 g/mol. The largest absolute Gasteiger partial charge is 0.466 e. The van der Waals surface area contributed by atoms with Crippen LogP contribution in [-0.2, 0) is 11.3 Å². The van der Waals surface area contributed by atoms with Gasteiger partial charge in [0.1, 0.15) is 5.75 Å². The number of aldehydes is 1. The number of fused-ring (bicyclic) bond motifs is 1. The minimum absolute atomic E-state index is 0.233. The zero-order valence-electron chi connectivity index (χ0n) is 6.32. The molecule has 12 heavy (non-hydrogen) atoms. The van der Waals surface area contributed by atoms with Crippen molar-refractivity contribution < 1.29 is 14.3 Å². The lowest BCUT2D eigenvalue weighted by Gasteiger charge is -2.17. The number of hydrogen-bond acceptors (Lipinski definition) is 4. The minimum Gasteiger partial charge on any atom is -0.466 e. The number of hydrogen-bond donors (Lipinski definition) is 0. The van der Waals surface area contributed by atoms with E-state index in [1.54, 1.807) is 6.20 Å². The Kier molecular flexibility index (Phi) is 1.75. The number of ether oxygens (including phenoxy) is 2. The van der Waals surface area contributed by atoms with E-state index in [0.717, 1.165) is 11.8 Å². The average Bonchev–Trinajstić information content (AvgIpc) is 2.17. The van der Waals surface area contributed by atoms with Crippen LogP contribution in [0.2, 0.25) is 0 Å². The molecule has 0 unspecified atom stereocenters. The van der Waals surface area contributed by atoms with E-state index < -0.39 is 0 Å². The molecule has 0 amide bonds. The molecule has 0 radical (unpaired) electrons. The molecule has 1 aromatic heterocycles. The standard InChI is InChI=1S/C8H7NO3/c10-3-6-1-9-2-8-7(6)4-11-5-12-8/h1-3H,4-5H2. The zero-order valence-corrected chi connectivity index (χ0v) is 6.32. The highest BCUT2D eigenvalue weighted by Gasteiger charge is 2.13. The normalized spacial score (nSPS) is 14.7. The van der Waals surface area contributed by atoms with Gasteiger partial charge in [0.25, 0.3) is 0 Å². The zero-order chi connectivity index (χ0) is 8.39. The second kappa shape index (κ2) is 2.91. The average molecular weight is 165 g/mol. The third-order valence-corrected chi connectivity index (χ3v) is 1.72. The SMILES string of the molecule is O=Cc1cncc2c1COCO2. The summed E-state index contributed by atoms with van der Waals surface area (Å²) in [5.74, 6) is 0.644. The van der Waals surface area contributed by atoms with Gasteiger partial charge in [-0.2, -0.15) is 0 Å². The number of carbonyl (C=O) groups excluding carboxylic acids is 1. The highest BCUT2D eigenvalue weighted by molar-refractivity contribution is 5.77. The summed E-state index contributed by atoms with van der Waals surface area (Å²) < 4.78 is 10.2. The maximum atomic E-state index is 10.5. The maximum absolute atomic E-state index is 10.5. The van der Waals surface area contributed by atoms with E-state index in [1.807, 2.05) is 0 Å². The first-order valence-corrected chi connectivity index (χ1v) is 3.54. The van der Waals surface area contributed by atoms with Crippen molar-refractivity contribution in [1.82, 2.24) is 4.98 Å². The number of aromatic nitrogens is 1. The third kappa shape index (κ3) is 1.06. The lowest BCUT2D eigenvalue weighted by Crippen LogP contribution is -2.13. The van der Waals surface area contributed by atoms with Gasteiger partial charge in [0.2, 0.25) is 0 Å². The summed E-state index contributed by atoms with van der Waals surface area (Å²) in [4.78, 5) is 14.4. The van der Waals surface area contributed by atoms with Gasteiger partial charge >= 0.3 is 0 Å². The van der Waals surface area contributed by atoms with E-state index >= 15 is 0 Å². The van der Waals surface area contributed by atoms with Crippen LogP contribution in [0.3, 0.4) is 0 Å². The summed E-state index contributed by atoms with van der Waals surface area (Å²) in [5, 5.41) is 0. The summed E-state index contributed by atoms with van der Waals surface area (Å²) in [7, 11) is 0. The van der Waals surface area contributed by atoms with Crippen LogP contribution in [-0.4, -0.2) is 18.1 Å². The van der Waals surface area contributed by atoms with Crippen LogP contribution in [0.15, 0.2) is 12.4 Å². The molecule has 0 aromatic carbocycles. The van der Waals surface area contributed by atoms with Crippen LogP contribution < -0.4 is 4.74 Å². The van der Waals surface area contributed by atoms with Crippen molar-refractivity contribution in [1.29, 1.82) is 0 Å². The molecular formula is C8H7NO3. The molecule has 1 aromatic rings. The van der Waals surface area contributed by atoms with Gasteiger partial charge in [-0.05, 0) is 0 Å². The lowest BCUT2D eigenvalue weighted by atomic mass is 10.1. The Hall–Kier alpha value is -1.42. The van der Waals surface area contributed by atoms with E-state index in [4.69, 9.17) is 9.47 Å². The summed E-state index contributed by atoms with van der Waals surface area (Å²) in [6.45, 7) is 0.656. The first-order valence-electron chi connectivity index (χ1n) is 3.54. The molecule has 0 bridgehead atoms. The van der Waals surface area contributed by atoms with Crippen molar-refractivity contribution in [2.45, 2.75) is 6.61 Å². The Labute approximate surface area is 69.1 Å². The third-order valence-electron chi connectivity index (χ3n) is 1.72.